The highest BCUT2D eigenvalue weighted by Gasteiger charge is 2.19. The minimum atomic E-state index is -0.453. The Morgan fingerprint density at radius 1 is 1.60 bits per heavy atom. The zero-order valence-corrected chi connectivity index (χ0v) is 8.37. The van der Waals surface area contributed by atoms with E-state index in [0.29, 0.717) is 17.9 Å². The van der Waals surface area contributed by atoms with Gasteiger partial charge in [-0.25, -0.2) is 4.39 Å². The van der Waals surface area contributed by atoms with E-state index in [4.69, 9.17) is 0 Å². The lowest BCUT2D eigenvalue weighted by Gasteiger charge is -2.06. The van der Waals surface area contributed by atoms with Crippen LogP contribution in [0, 0.1) is 11.7 Å². The van der Waals surface area contributed by atoms with E-state index in [1.807, 2.05) is 0 Å². The second-order valence-corrected chi connectivity index (χ2v) is 3.88. The maximum Gasteiger partial charge on any atom is 0.164 e. The van der Waals surface area contributed by atoms with Gasteiger partial charge in [0.05, 0.1) is 6.20 Å². The van der Waals surface area contributed by atoms with Gasteiger partial charge >= 0.3 is 0 Å². The Bertz CT molecular complexity index is 361. The van der Waals surface area contributed by atoms with Crippen molar-refractivity contribution in [2.75, 3.05) is 13.1 Å². The summed E-state index contributed by atoms with van der Waals surface area (Å²) < 4.78 is 12.8. The van der Waals surface area contributed by atoms with Crippen LogP contribution in [0.3, 0.4) is 0 Å². The molecular formula is C11H13FN2O. The fourth-order valence-corrected chi connectivity index (χ4v) is 1.83. The van der Waals surface area contributed by atoms with Crippen molar-refractivity contribution < 1.29 is 9.18 Å². The molecule has 1 saturated heterocycles. The molecule has 1 aliphatic heterocycles. The standard InChI is InChI=1S/C11H13FN2O/c12-10-4-9(6-14-7-10)11(15)3-8-1-2-13-5-8/h4,6-8,13H,1-3,5H2. The first kappa shape index (κ1) is 10.2. The van der Waals surface area contributed by atoms with Crippen molar-refractivity contribution in [3.63, 3.8) is 0 Å². The van der Waals surface area contributed by atoms with Crippen molar-refractivity contribution in [2.45, 2.75) is 12.8 Å². The van der Waals surface area contributed by atoms with Gasteiger partial charge in [-0.2, -0.15) is 0 Å². The number of rotatable bonds is 3. The van der Waals surface area contributed by atoms with Crippen LogP contribution in [0.1, 0.15) is 23.2 Å². The third-order valence-corrected chi connectivity index (χ3v) is 2.66. The third kappa shape index (κ3) is 2.59. The second-order valence-electron chi connectivity index (χ2n) is 3.88. The molecule has 0 spiro atoms. The fourth-order valence-electron chi connectivity index (χ4n) is 1.83. The Hall–Kier alpha value is -1.29. The van der Waals surface area contributed by atoms with Gasteiger partial charge in [0.2, 0.25) is 0 Å². The molecule has 1 aromatic heterocycles. The average Bonchev–Trinajstić information content (AvgIpc) is 2.70. The van der Waals surface area contributed by atoms with Crippen LogP contribution in [0.15, 0.2) is 18.5 Å². The molecule has 1 N–H and O–H groups in total. The monoisotopic (exact) mass is 208 g/mol. The molecule has 80 valence electrons. The van der Waals surface area contributed by atoms with Crippen LogP contribution >= 0.6 is 0 Å². The molecular weight excluding hydrogens is 195 g/mol. The van der Waals surface area contributed by atoms with Gasteiger partial charge < -0.3 is 5.32 Å². The quantitative estimate of drug-likeness (QED) is 0.763. The molecule has 4 heteroatoms. The lowest BCUT2D eigenvalue weighted by molar-refractivity contribution is 0.0963. The highest BCUT2D eigenvalue weighted by molar-refractivity contribution is 5.95. The summed E-state index contributed by atoms with van der Waals surface area (Å²) in [4.78, 5) is 15.4. The molecule has 1 aromatic rings. The number of carbonyl (C=O) groups excluding carboxylic acids is 1. The molecule has 0 aliphatic carbocycles. The first-order chi connectivity index (χ1) is 7.25. The molecule has 0 amide bonds. The summed E-state index contributed by atoms with van der Waals surface area (Å²) in [5, 5.41) is 3.20. The van der Waals surface area contributed by atoms with Crippen LogP contribution < -0.4 is 5.32 Å². The van der Waals surface area contributed by atoms with E-state index < -0.39 is 5.82 Å². The molecule has 3 nitrogen and oxygen atoms in total. The number of pyridine rings is 1. The summed E-state index contributed by atoms with van der Waals surface area (Å²) >= 11 is 0. The van der Waals surface area contributed by atoms with Gasteiger partial charge in [-0.1, -0.05) is 0 Å². The highest BCUT2D eigenvalue weighted by atomic mass is 19.1. The number of nitrogens with one attached hydrogen (secondary N) is 1. The molecule has 2 heterocycles. The van der Waals surface area contributed by atoms with Crippen molar-refractivity contribution in [3.8, 4) is 0 Å². The molecule has 1 atom stereocenters. The first-order valence-electron chi connectivity index (χ1n) is 5.10. The number of carbonyl (C=O) groups is 1. The Labute approximate surface area is 87.7 Å². The van der Waals surface area contributed by atoms with E-state index >= 15 is 0 Å². The van der Waals surface area contributed by atoms with Crippen molar-refractivity contribution >= 4 is 5.78 Å². The summed E-state index contributed by atoms with van der Waals surface area (Å²) in [5.41, 5.74) is 0.377. The molecule has 2 rings (SSSR count). The smallest absolute Gasteiger partial charge is 0.164 e. The van der Waals surface area contributed by atoms with Crippen LogP contribution in [0.25, 0.3) is 0 Å². The van der Waals surface area contributed by atoms with Gasteiger partial charge in [0.25, 0.3) is 0 Å². The van der Waals surface area contributed by atoms with Gasteiger partial charge in [0.1, 0.15) is 5.82 Å². The van der Waals surface area contributed by atoms with E-state index in [0.717, 1.165) is 25.7 Å². The van der Waals surface area contributed by atoms with Gasteiger partial charge in [0, 0.05) is 18.2 Å². The lowest BCUT2D eigenvalue weighted by atomic mass is 9.98. The van der Waals surface area contributed by atoms with Gasteiger partial charge in [-0.05, 0) is 31.5 Å². The Morgan fingerprint density at radius 2 is 2.47 bits per heavy atom. The lowest BCUT2D eigenvalue weighted by Crippen LogP contribution is -2.13. The van der Waals surface area contributed by atoms with Crippen molar-refractivity contribution in [1.29, 1.82) is 0 Å². The molecule has 0 saturated carbocycles. The predicted octanol–water partition coefficient (Wildman–Crippen LogP) is 1.40. The zero-order chi connectivity index (χ0) is 10.7. The van der Waals surface area contributed by atoms with Gasteiger partial charge in [-0.15, -0.1) is 0 Å². The van der Waals surface area contributed by atoms with Crippen LogP contribution in [-0.4, -0.2) is 23.9 Å². The Morgan fingerprint density at radius 3 is 3.13 bits per heavy atom. The van der Waals surface area contributed by atoms with Gasteiger partial charge in [0.15, 0.2) is 5.78 Å². The van der Waals surface area contributed by atoms with E-state index in [-0.39, 0.29) is 5.78 Å². The summed E-state index contributed by atoms with van der Waals surface area (Å²) in [5.74, 6) is -0.0816. The summed E-state index contributed by atoms with van der Waals surface area (Å²) in [6.45, 7) is 1.85. The number of hydrogen-bond acceptors (Lipinski definition) is 3. The minimum Gasteiger partial charge on any atom is -0.316 e. The average molecular weight is 208 g/mol. The van der Waals surface area contributed by atoms with E-state index in [1.54, 1.807) is 0 Å². The maximum absolute atomic E-state index is 12.8. The molecule has 1 unspecified atom stereocenters. The molecule has 1 fully saturated rings. The number of halogens is 1. The number of ketones is 1. The van der Waals surface area contributed by atoms with Crippen LogP contribution in [0.4, 0.5) is 4.39 Å². The molecule has 15 heavy (non-hydrogen) atoms. The first-order valence-corrected chi connectivity index (χ1v) is 5.10. The number of nitrogens with zero attached hydrogens (tertiary/aromatic N) is 1. The zero-order valence-electron chi connectivity index (χ0n) is 8.37. The Balaban J connectivity index is 2.01. The van der Waals surface area contributed by atoms with E-state index in [1.165, 1.54) is 12.3 Å². The number of hydrogen-bond donors (Lipinski definition) is 1. The normalized spacial score (nSPS) is 20.5. The highest BCUT2D eigenvalue weighted by Crippen LogP contribution is 2.15. The van der Waals surface area contributed by atoms with E-state index in [2.05, 4.69) is 10.3 Å². The maximum atomic E-state index is 12.8. The largest absolute Gasteiger partial charge is 0.316 e. The molecule has 0 bridgehead atoms. The molecule has 0 radical (unpaired) electrons. The summed E-state index contributed by atoms with van der Waals surface area (Å²) in [6, 6.07) is 1.25. The topological polar surface area (TPSA) is 42.0 Å². The summed E-state index contributed by atoms with van der Waals surface area (Å²) in [6.07, 6.45) is 4.04. The van der Waals surface area contributed by atoms with Crippen molar-refractivity contribution in [2.24, 2.45) is 5.92 Å². The predicted molar refractivity (Wildman–Crippen MR) is 54.1 cm³/mol. The van der Waals surface area contributed by atoms with Crippen molar-refractivity contribution in [3.05, 3.63) is 29.8 Å². The fraction of sp³-hybridized carbons (Fsp3) is 0.455. The SMILES string of the molecule is O=C(CC1CCNC1)c1cncc(F)c1. The summed E-state index contributed by atoms with van der Waals surface area (Å²) in [7, 11) is 0. The third-order valence-electron chi connectivity index (χ3n) is 2.66. The molecule has 1 aliphatic rings. The van der Waals surface area contributed by atoms with Gasteiger partial charge in [-0.3, -0.25) is 9.78 Å². The molecule has 0 aromatic carbocycles. The number of Topliss-reactive ketones (excluding diaryl/α,β-unsaturated/α-hetero) is 1. The number of aromatic nitrogens is 1. The Kier molecular flexibility index (Phi) is 3.06. The second kappa shape index (κ2) is 4.49. The van der Waals surface area contributed by atoms with Crippen LogP contribution in [-0.2, 0) is 0 Å². The van der Waals surface area contributed by atoms with Crippen LogP contribution in [0.2, 0.25) is 0 Å². The minimum absolute atomic E-state index is 0.0179. The van der Waals surface area contributed by atoms with E-state index in [9.17, 15) is 9.18 Å². The van der Waals surface area contributed by atoms with Crippen LogP contribution in [0.5, 0.6) is 0 Å². The van der Waals surface area contributed by atoms with Crippen molar-refractivity contribution in [1.82, 2.24) is 10.3 Å².